The van der Waals surface area contributed by atoms with E-state index in [0.717, 1.165) is 25.0 Å². The highest BCUT2D eigenvalue weighted by Gasteiger charge is 2.30. The summed E-state index contributed by atoms with van der Waals surface area (Å²) in [4.78, 5) is 14.0. The molecule has 1 aliphatic heterocycles. The van der Waals surface area contributed by atoms with Crippen LogP contribution in [0.15, 0.2) is 47.4 Å². The van der Waals surface area contributed by atoms with Gasteiger partial charge in [0, 0.05) is 25.2 Å². The van der Waals surface area contributed by atoms with Gasteiger partial charge in [-0.25, -0.2) is 17.2 Å². The first-order valence-electron chi connectivity index (χ1n) is 9.70. The molecule has 1 atom stereocenters. The molecule has 1 N–H and O–H groups in total. The largest absolute Gasteiger partial charge is 0.350 e. The smallest absolute Gasteiger partial charge is 0.251 e. The van der Waals surface area contributed by atoms with Crippen molar-refractivity contribution in [2.45, 2.75) is 23.8 Å². The van der Waals surface area contributed by atoms with Gasteiger partial charge < -0.3 is 10.2 Å². The van der Waals surface area contributed by atoms with Gasteiger partial charge in [-0.05, 0) is 62.8 Å². The maximum atomic E-state index is 14.3. The third-order valence-electron chi connectivity index (χ3n) is 5.19. The average molecular weight is 438 g/mol. The number of halogens is 2. The standard InChI is InChI=1S/C21H25F2N3O3S/c1-25(2)19(15-6-5-7-17(22)12-15)14-24-21(27)16-8-9-18(23)20(13-16)30(28,29)26-10-3-4-11-26/h5-9,12-13,19H,3-4,10-11,14H2,1-2H3,(H,24,27). The number of nitrogens with one attached hydrogen (secondary N) is 1. The van der Waals surface area contributed by atoms with Crippen LogP contribution in [0.2, 0.25) is 0 Å². The van der Waals surface area contributed by atoms with Gasteiger partial charge in [0.1, 0.15) is 16.5 Å². The minimum atomic E-state index is -3.99. The molecule has 2 aromatic rings. The van der Waals surface area contributed by atoms with Crippen molar-refractivity contribution < 1.29 is 22.0 Å². The molecule has 0 aliphatic carbocycles. The SMILES string of the molecule is CN(C)C(CNC(=O)c1ccc(F)c(S(=O)(=O)N2CCCC2)c1)c1cccc(F)c1. The predicted molar refractivity (Wildman–Crippen MR) is 110 cm³/mol. The Hall–Kier alpha value is -2.36. The third-order valence-corrected chi connectivity index (χ3v) is 7.10. The van der Waals surface area contributed by atoms with Crippen LogP contribution in [0.5, 0.6) is 0 Å². The van der Waals surface area contributed by atoms with Crippen LogP contribution in [0.3, 0.4) is 0 Å². The molecular formula is C21H25F2N3O3S. The van der Waals surface area contributed by atoms with E-state index >= 15 is 0 Å². The van der Waals surface area contributed by atoms with Gasteiger partial charge in [-0.15, -0.1) is 0 Å². The van der Waals surface area contributed by atoms with Gasteiger partial charge >= 0.3 is 0 Å². The number of amides is 1. The Morgan fingerprint density at radius 1 is 1.13 bits per heavy atom. The zero-order valence-corrected chi connectivity index (χ0v) is 17.8. The maximum absolute atomic E-state index is 14.3. The van der Waals surface area contributed by atoms with E-state index in [-0.39, 0.29) is 24.0 Å². The molecule has 0 radical (unpaired) electrons. The molecule has 1 heterocycles. The number of sulfonamides is 1. The summed E-state index contributed by atoms with van der Waals surface area (Å²) in [6, 6.07) is 9.12. The summed E-state index contributed by atoms with van der Waals surface area (Å²) < 4.78 is 54.5. The van der Waals surface area contributed by atoms with Crippen LogP contribution in [0, 0.1) is 11.6 Å². The quantitative estimate of drug-likeness (QED) is 0.723. The fourth-order valence-electron chi connectivity index (χ4n) is 3.51. The zero-order valence-electron chi connectivity index (χ0n) is 16.9. The normalized spacial score (nSPS) is 16.0. The lowest BCUT2D eigenvalue weighted by Crippen LogP contribution is -2.35. The molecule has 162 valence electrons. The summed E-state index contributed by atoms with van der Waals surface area (Å²) in [5.41, 5.74) is 0.739. The number of carbonyl (C=O) groups is 1. The van der Waals surface area contributed by atoms with Gasteiger partial charge in [-0.3, -0.25) is 4.79 Å². The first-order chi connectivity index (χ1) is 14.2. The lowest BCUT2D eigenvalue weighted by atomic mass is 10.1. The molecule has 9 heteroatoms. The summed E-state index contributed by atoms with van der Waals surface area (Å²) in [5.74, 6) is -1.79. The van der Waals surface area contributed by atoms with Crippen LogP contribution in [0.4, 0.5) is 8.78 Å². The van der Waals surface area contributed by atoms with E-state index in [1.165, 1.54) is 22.5 Å². The maximum Gasteiger partial charge on any atom is 0.251 e. The average Bonchev–Trinajstić information content (AvgIpc) is 3.24. The van der Waals surface area contributed by atoms with Gasteiger partial charge in [0.15, 0.2) is 0 Å². The second-order valence-electron chi connectivity index (χ2n) is 7.50. The molecule has 0 spiro atoms. The van der Waals surface area contributed by atoms with Gasteiger partial charge in [-0.1, -0.05) is 12.1 Å². The molecule has 2 aromatic carbocycles. The first-order valence-corrected chi connectivity index (χ1v) is 11.1. The van der Waals surface area contributed by atoms with Crippen LogP contribution in [0.25, 0.3) is 0 Å². The minimum absolute atomic E-state index is 0.0471. The van der Waals surface area contributed by atoms with Crippen molar-refractivity contribution in [1.82, 2.24) is 14.5 Å². The molecule has 0 bridgehead atoms. The summed E-state index contributed by atoms with van der Waals surface area (Å²) in [6.07, 6.45) is 1.46. The highest BCUT2D eigenvalue weighted by atomic mass is 32.2. The predicted octanol–water partition coefficient (Wildman–Crippen LogP) is 2.78. The van der Waals surface area contributed by atoms with E-state index in [4.69, 9.17) is 0 Å². The van der Waals surface area contributed by atoms with Gasteiger partial charge in [0.05, 0.1) is 6.04 Å². The zero-order chi connectivity index (χ0) is 21.9. The molecule has 0 aromatic heterocycles. The fourth-order valence-corrected chi connectivity index (χ4v) is 5.12. The second kappa shape index (κ2) is 9.20. The molecule has 30 heavy (non-hydrogen) atoms. The Morgan fingerprint density at radius 2 is 1.83 bits per heavy atom. The van der Waals surface area contributed by atoms with E-state index in [1.807, 2.05) is 4.90 Å². The molecule has 0 saturated carbocycles. The number of likely N-dealkylation sites (N-methyl/N-ethyl adjacent to an activating group) is 1. The fraction of sp³-hybridized carbons (Fsp3) is 0.381. The summed E-state index contributed by atoms with van der Waals surface area (Å²) in [5, 5.41) is 2.73. The minimum Gasteiger partial charge on any atom is -0.350 e. The van der Waals surface area contributed by atoms with Crippen molar-refractivity contribution in [2.24, 2.45) is 0 Å². The number of hydrogen-bond donors (Lipinski definition) is 1. The van der Waals surface area contributed by atoms with Gasteiger partial charge in [-0.2, -0.15) is 4.31 Å². The molecule has 6 nitrogen and oxygen atoms in total. The lowest BCUT2D eigenvalue weighted by molar-refractivity contribution is 0.0941. The molecule has 1 amide bonds. The topological polar surface area (TPSA) is 69.7 Å². The lowest BCUT2D eigenvalue weighted by Gasteiger charge is -2.25. The number of carbonyl (C=O) groups excluding carboxylic acids is 1. The van der Waals surface area contributed by atoms with E-state index in [0.29, 0.717) is 18.7 Å². The molecule has 1 unspecified atom stereocenters. The van der Waals surface area contributed by atoms with E-state index in [2.05, 4.69) is 5.32 Å². The Morgan fingerprint density at radius 3 is 2.47 bits per heavy atom. The summed E-state index contributed by atoms with van der Waals surface area (Å²) in [7, 11) is -0.378. The third kappa shape index (κ3) is 4.85. The molecule has 3 rings (SSSR count). The van der Waals surface area contributed by atoms with E-state index in [9.17, 15) is 22.0 Å². The van der Waals surface area contributed by atoms with Gasteiger partial charge in [0.25, 0.3) is 5.91 Å². The highest BCUT2D eigenvalue weighted by molar-refractivity contribution is 7.89. The van der Waals surface area contributed by atoms with Crippen molar-refractivity contribution >= 4 is 15.9 Å². The number of nitrogens with zero attached hydrogens (tertiary/aromatic N) is 2. The van der Waals surface area contributed by atoms with Crippen LogP contribution in [0.1, 0.15) is 34.8 Å². The van der Waals surface area contributed by atoms with Crippen molar-refractivity contribution in [3.05, 3.63) is 65.2 Å². The van der Waals surface area contributed by atoms with E-state index in [1.54, 1.807) is 26.2 Å². The van der Waals surface area contributed by atoms with E-state index < -0.39 is 26.6 Å². The number of benzene rings is 2. The molecular weight excluding hydrogens is 412 g/mol. The number of rotatable bonds is 7. The Kier molecular flexibility index (Phi) is 6.84. The van der Waals surface area contributed by atoms with Crippen molar-refractivity contribution in [3.63, 3.8) is 0 Å². The van der Waals surface area contributed by atoms with Crippen molar-refractivity contribution in [2.75, 3.05) is 33.7 Å². The van der Waals surface area contributed by atoms with Crippen LogP contribution < -0.4 is 5.32 Å². The molecule has 1 fully saturated rings. The van der Waals surface area contributed by atoms with Crippen LogP contribution in [-0.2, 0) is 10.0 Å². The van der Waals surface area contributed by atoms with Crippen molar-refractivity contribution in [1.29, 1.82) is 0 Å². The number of hydrogen-bond acceptors (Lipinski definition) is 4. The molecule has 1 saturated heterocycles. The van der Waals surface area contributed by atoms with Crippen molar-refractivity contribution in [3.8, 4) is 0 Å². The Labute approximate surface area is 175 Å². The molecule has 1 aliphatic rings. The first kappa shape index (κ1) is 22.3. The summed E-state index contributed by atoms with van der Waals surface area (Å²) in [6.45, 7) is 0.855. The van der Waals surface area contributed by atoms with Gasteiger partial charge in [0.2, 0.25) is 10.0 Å². The Balaban J connectivity index is 1.78. The van der Waals surface area contributed by atoms with Crippen LogP contribution >= 0.6 is 0 Å². The second-order valence-corrected chi connectivity index (χ2v) is 9.41. The van der Waals surface area contributed by atoms with Crippen LogP contribution in [-0.4, -0.2) is 57.3 Å². The summed E-state index contributed by atoms with van der Waals surface area (Å²) >= 11 is 0. The highest BCUT2D eigenvalue weighted by Crippen LogP contribution is 2.24. The monoisotopic (exact) mass is 437 g/mol. The Bertz CT molecular complexity index is 1020.